The van der Waals surface area contributed by atoms with Crippen LogP contribution in [-0.2, 0) is 17.8 Å². The molecule has 140 valence electrons. The zero-order chi connectivity index (χ0) is 19.7. The van der Waals surface area contributed by atoms with Crippen molar-refractivity contribution in [2.24, 2.45) is 0 Å². The summed E-state index contributed by atoms with van der Waals surface area (Å²) in [5.41, 5.74) is -0.268. The predicted octanol–water partition coefficient (Wildman–Crippen LogP) is 3.16. The number of carbonyl (C=O) groups is 1. The van der Waals surface area contributed by atoms with Crippen molar-refractivity contribution in [1.29, 1.82) is 0 Å². The molecule has 0 unspecified atom stereocenters. The van der Waals surface area contributed by atoms with Gasteiger partial charge in [-0.05, 0) is 36.8 Å². The van der Waals surface area contributed by atoms with Crippen molar-refractivity contribution in [2.75, 3.05) is 0 Å². The molecule has 0 radical (unpaired) electrons. The van der Waals surface area contributed by atoms with Crippen LogP contribution in [-0.4, -0.2) is 16.1 Å². The number of aromatic hydroxyl groups is 2. The first-order valence-electron chi connectivity index (χ1n) is 7.96. The number of carbonyl (C=O) groups excluding carboxylic acids is 1. The third-order valence-corrected chi connectivity index (χ3v) is 4.62. The lowest BCUT2D eigenvalue weighted by atomic mass is 10.0. The Morgan fingerprint density at radius 1 is 1.22 bits per heavy atom. The fourth-order valence-corrected chi connectivity index (χ4v) is 2.98. The topological polar surface area (TPSA) is 99.8 Å². The second-order valence-electron chi connectivity index (χ2n) is 5.96. The van der Waals surface area contributed by atoms with E-state index in [4.69, 9.17) is 16.0 Å². The van der Waals surface area contributed by atoms with Gasteiger partial charge in [-0.1, -0.05) is 17.7 Å². The molecule has 0 saturated heterocycles. The van der Waals surface area contributed by atoms with Crippen molar-refractivity contribution in [1.82, 2.24) is 5.32 Å². The number of hydrogen-bond acceptors (Lipinski definition) is 5. The molecule has 0 aliphatic heterocycles. The number of phenols is 2. The van der Waals surface area contributed by atoms with E-state index in [0.717, 1.165) is 0 Å². The average Bonchev–Trinajstić information content (AvgIpc) is 2.62. The average molecular weight is 392 g/mol. The van der Waals surface area contributed by atoms with Crippen molar-refractivity contribution < 1.29 is 23.8 Å². The molecule has 3 rings (SSSR count). The summed E-state index contributed by atoms with van der Waals surface area (Å²) in [6.45, 7) is 1.48. The zero-order valence-corrected chi connectivity index (χ0v) is 14.9. The molecule has 2 aromatic carbocycles. The fourth-order valence-electron chi connectivity index (χ4n) is 2.75. The lowest BCUT2D eigenvalue weighted by Crippen LogP contribution is -2.27. The highest BCUT2D eigenvalue weighted by Crippen LogP contribution is 2.34. The van der Waals surface area contributed by atoms with Crippen molar-refractivity contribution in [3.8, 4) is 11.5 Å². The first-order chi connectivity index (χ1) is 12.8. The SMILES string of the molecule is Cc1c(CC(=O)NCc2c(F)cccc2Cl)c(=O)oc2c(O)c(O)ccc12. The zero-order valence-electron chi connectivity index (χ0n) is 14.2. The van der Waals surface area contributed by atoms with E-state index in [1.54, 1.807) is 6.92 Å². The van der Waals surface area contributed by atoms with Crippen LogP contribution in [0.4, 0.5) is 4.39 Å². The lowest BCUT2D eigenvalue weighted by Gasteiger charge is -2.10. The van der Waals surface area contributed by atoms with Crippen LogP contribution in [0.2, 0.25) is 5.02 Å². The molecule has 0 saturated carbocycles. The van der Waals surface area contributed by atoms with Crippen LogP contribution >= 0.6 is 11.6 Å². The van der Waals surface area contributed by atoms with Crippen LogP contribution in [0, 0.1) is 12.7 Å². The van der Waals surface area contributed by atoms with Gasteiger partial charge in [-0.15, -0.1) is 0 Å². The molecule has 6 nitrogen and oxygen atoms in total. The first kappa shape index (κ1) is 18.7. The minimum Gasteiger partial charge on any atom is -0.504 e. The Balaban J connectivity index is 1.85. The summed E-state index contributed by atoms with van der Waals surface area (Å²) in [5.74, 6) is -2.03. The third kappa shape index (κ3) is 3.59. The number of halogens is 2. The maximum Gasteiger partial charge on any atom is 0.340 e. The molecule has 8 heteroatoms. The molecule has 0 atom stereocenters. The summed E-state index contributed by atoms with van der Waals surface area (Å²) in [7, 11) is 0. The summed E-state index contributed by atoms with van der Waals surface area (Å²) in [4.78, 5) is 24.4. The van der Waals surface area contributed by atoms with Crippen LogP contribution < -0.4 is 10.9 Å². The molecule has 0 aliphatic carbocycles. The second-order valence-corrected chi connectivity index (χ2v) is 6.36. The normalized spacial score (nSPS) is 10.9. The highest BCUT2D eigenvalue weighted by atomic mass is 35.5. The Hall–Kier alpha value is -3.06. The molecule has 3 N–H and O–H groups in total. The number of benzene rings is 2. The molecule has 0 spiro atoms. The van der Waals surface area contributed by atoms with Gasteiger partial charge in [-0.3, -0.25) is 4.79 Å². The first-order valence-corrected chi connectivity index (χ1v) is 8.34. The van der Waals surface area contributed by atoms with Gasteiger partial charge in [0.05, 0.1) is 12.0 Å². The van der Waals surface area contributed by atoms with E-state index in [-0.39, 0.29) is 34.7 Å². The van der Waals surface area contributed by atoms with Crippen molar-refractivity contribution in [3.05, 3.63) is 68.3 Å². The number of rotatable bonds is 4. The molecule has 0 fully saturated rings. The van der Waals surface area contributed by atoms with Gasteiger partial charge >= 0.3 is 5.63 Å². The number of aryl methyl sites for hydroxylation is 1. The van der Waals surface area contributed by atoms with Crippen molar-refractivity contribution in [3.63, 3.8) is 0 Å². The summed E-state index contributed by atoms with van der Waals surface area (Å²) < 4.78 is 18.8. The molecular formula is C19H15ClFNO5. The third-order valence-electron chi connectivity index (χ3n) is 4.27. The van der Waals surface area contributed by atoms with Gasteiger partial charge < -0.3 is 19.9 Å². The molecule has 0 aliphatic rings. The highest BCUT2D eigenvalue weighted by molar-refractivity contribution is 6.31. The monoisotopic (exact) mass is 391 g/mol. The van der Waals surface area contributed by atoms with Gasteiger partial charge in [0.25, 0.3) is 0 Å². The molecular weight excluding hydrogens is 377 g/mol. The van der Waals surface area contributed by atoms with E-state index < -0.39 is 28.8 Å². The summed E-state index contributed by atoms with van der Waals surface area (Å²) in [6, 6.07) is 6.94. The smallest absolute Gasteiger partial charge is 0.340 e. The van der Waals surface area contributed by atoms with E-state index >= 15 is 0 Å². The van der Waals surface area contributed by atoms with Gasteiger partial charge in [0.15, 0.2) is 11.3 Å². The van der Waals surface area contributed by atoms with Crippen LogP contribution in [0.1, 0.15) is 16.7 Å². The van der Waals surface area contributed by atoms with E-state index in [2.05, 4.69) is 5.32 Å². The maximum absolute atomic E-state index is 13.8. The van der Waals surface area contributed by atoms with Crippen molar-refractivity contribution >= 4 is 28.5 Å². The van der Waals surface area contributed by atoms with Gasteiger partial charge in [0.2, 0.25) is 11.7 Å². The minimum atomic E-state index is -0.806. The van der Waals surface area contributed by atoms with E-state index in [0.29, 0.717) is 10.9 Å². The van der Waals surface area contributed by atoms with Crippen LogP contribution in [0.15, 0.2) is 39.5 Å². The summed E-state index contributed by atoms with van der Waals surface area (Å²) in [5, 5.41) is 22.5. The Labute approximate surface area is 157 Å². The molecule has 0 bridgehead atoms. The van der Waals surface area contributed by atoms with E-state index in [9.17, 15) is 24.2 Å². The number of nitrogens with one attached hydrogen (secondary N) is 1. The quantitative estimate of drug-likeness (QED) is 0.468. The Morgan fingerprint density at radius 2 is 1.96 bits per heavy atom. The maximum atomic E-state index is 13.8. The van der Waals surface area contributed by atoms with Crippen molar-refractivity contribution in [2.45, 2.75) is 19.9 Å². The Bertz CT molecular complexity index is 1090. The number of fused-ring (bicyclic) bond motifs is 1. The predicted molar refractivity (Wildman–Crippen MR) is 97.5 cm³/mol. The second kappa shape index (κ2) is 7.28. The van der Waals surface area contributed by atoms with E-state index in [1.807, 2.05) is 0 Å². The lowest BCUT2D eigenvalue weighted by molar-refractivity contribution is -0.120. The molecule has 3 aromatic rings. The van der Waals surface area contributed by atoms with Crippen LogP contribution in [0.3, 0.4) is 0 Å². The van der Waals surface area contributed by atoms with Gasteiger partial charge in [0, 0.05) is 22.5 Å². The highest BCUT2D eigenvalue weighted by Gasteiger charge is 2.18. The number of phenolic OH excluding ortho intramolecular Hbond substituents is 2. The van der Waals surface area contributed by atoms with Gasteiger partial charge in [0.1, 0.15) is 5.82 Å². The fraction of sp³-hybridized carbons (Fsp3) is 0.158. The summed E-state index contributed by atoms with van der Waals surface area (Å²) >= 11 is 5.92. The molecule has 27 heavy (non-hydrogen) atoms. The largest absolute Gasteiger partial charge is 0.504 e. The van der Waals surface area contributed by atoms with Crippen LogP contribution in [0.25, 0.3) is 11.0 Å². The van der Waals surface area contributed by atoms with Gasteiger partial charge in [-0.2, -0.15) is 0 Å². The number of hydrogen-bond donors (Lipinski definition) is 3. The summed E-state index contributed by atoms with van der Waals surface area (Å²) in [6.07, 6.45) is -0.294. The number of amides is 1. The standard InChI is InChI=1S/C19H15ClFNO5/c1-9-10-5-6-15(23)17(25)18(10)27-19(26)11(9)7-16(24)22-8-12-13(20)3-2-4-14(12)21/h2-6,23,25H,7-8H2,1H3,(H,22,24). The molecule has 1 amide bonds. The van der Waals surface area contributed by atoms with E-state index in [1.165, 1.54) is 30.3 Å². The molecule has 1 heterocycles. The minimum absolute atomic E-state index is 0.102. The Kier molecular flexibility index (Phi) is 5.05. The van der Waals surface area contributed by atoms with Crippen LogP contribution in [0.5, 0.6) is 11.5 Å². The van der Waals surface area contributed by atoms with Gasteiger partial charge in [-0.25, -0.2) is 9.18 Å². The molecule has 1 aromatic heterocycles. The Morgan fingerprint density at radius 3 is 2.67 bits per heavy atom.